The lowest BCUT2D eigenvalue weighted by atomic mass is 9.97. The van der Waals surface area contributed by atoms with Crippen molar-refractivity contribution in [3.63, 3.8) is 0 Å². The van der Waals surface area contributed by atoms with Gasteiger partial charge in [-0.15, -0.1) is 6.42 Å². The lowest BCUT2D eigenvalue weighted by Gasteiger charge is -2.05. The van der Waals surface area contributed by atoms with Crippen LogP contribution in [0.1, 0.15) is 26.3 Å². The summed E-state index contributed by atoms with van der Waals surface area (Å²) in [5.41, 5.74) is 1.11. The highest BCUT2D eigenvalue weighted by Gasteiger charge is 2.10. The summed E-state index contributed by atoms with van der Waals surface area (Å²) in [6, 6.07) is 9.80. The monoisotopic (exact) mass is 202 g/mol. The van der Waals surface area contributed by atoms with Crippen molar-refractivity contribution in [1.82, 2.24) is 0 Å². The van der Waals surface area contributed by atoms with Gasteiger partial charge in [-0.2, -0.15) is 0 Å². The largest absolute Gasteiger partial charge is 0.299 e. The highest BCUT2D eigenvalue weighted by atomic mass is 16.1. The average molecular weight is 202 g/mol. The molecular formula is C14H18O. The first-order valence-electron chi connectivity index (χ1n) is 5.24. The summed E-state index contributed by atoms with van der Waals surface area (Å²) in [6.07, 6.45) is 5.90. The van der Waals surface area contributed by atoms with Gasteiger partial charge in [0.15, 0.2) is 0 Å². The van der Waals surface area contributed by atoms with Crippen LogP contribution in [-0.2, 0) is 11.2 Å². The zero-order valence-corrected chi connectivity index (χ0v) is 9.66. The van der Waals surface area contributed by atoms with Crippen LogP contribution in [0.3, 0.4) is 0 Å². The number of hydrogen-bond acceptors (Lipinski definition) is 1. The maximum atomic E-state index is 11.0. The van der Waals surface area contributed by atoms with E-state index in [4.69, 9.17) is 6.42 Å². The van der Waals surface area contributed by atoms with E-state index in [1.165, 1.54) is 6.92 Å². The fourth-order valence-electron chi connectivity index (χ4n) is 1.17. The molecule has 15 heavy (non-hydrogen) atoms. The minimum Gasteiger partial charge on any atom is -0.299 e. The van der Waals surface area contributed by atoms with Gasteiger partial charge in [-0.05, 0) is 18.9 Å². The first-order valence-corrected chi connectivity index (χ1v) is 5.24. The van der Waals surface area contributed by atoms with Gasteiger partial charge in [0.25, 0.3) is 0 Å². The van der Waals surface area contributed by atoms with Gasteiger partial charge in [-0.3, -0.25) is 4.79 Å². The Kier molecular flexibility index (Phi) is 7.01. The number of carbonyl (C=O) groups excluding carboxylic acids is 1. The summed E-state index contributed by atoms with van der Waals surface area (Å²) in [7, 11) is 0. The molecule has 0 amide bonds. The van der Waals surface area contributed by atoms with E-state index in [2.05, 4.69) is 5.92 Å². The van der Waals surface area contributed by atoms with E-state index in [0.717, 1.165) is 5.56 Å². The maximum Gasteiger partial charge on any atom is 0.145 e. The first kappa shape index (κ1) is 13.4. The third-order valence-corrected chi connectivity index (χ3v) is 1.97. The molecule has 1 heteroatoms. The van der Waals surface area contributed by atoms with Gasteiger partial charge in [0.05, 0.1) is 5.92 Å². The van der Waals surface area contributed by atoms with Crippen LogP contribution >= 0.6 is 0 Å². The first-order chi connectivity index (χ1) is 7.24. The van der Waals surface area contributed by atoms with E-state index in [-0.39, 0.29) is 11.7 Å². The summed E-state index contributed by atoms with van der Waals surface area (Å²) < 4.78 is 0. The highest BCUT2D eigenvalue weighted by Crippen LogP contribution is 2.08. The fourth-order valence-corrected chi connectivity index (χ4v) is 1.17. The molecule has 0 fully saturated rings. The Labute approximate surface area is 92.5 Å². The molecule has 1 unspecified atom stereocenters. The number of carbonyl (C=O) groups is 1. The summed E-state index contributed by atoms with van der Waals surface area (Å²) in [4.78, 5) is 11.0. The van der Waals surface area contributed by atoms with Crippen molar-refractivity contribution in [2.45, 2.75) is 27.2 Å². The maximum absolute atomic E-state index is 11.0. The molecule has 1 aromatic carbocycles. The smallest absolute Gasteiger partial charge is 0.145 e. The Balaban J connectivity index is 0.000000921. The van der Waals surface area contributed by atoms with E-state index in [9.17, 15) is 4.79 Å². The zero-order chi connectivity index (χ0) is 11.7. The van der Waals surface area contributed by atoms with Gasteiger partial charge < -0.3 is 0 Å². The third-order valence-electron chi connectivity index (χ3n) is 1.97. The topological polar surface area (TPSA) is 17.1 Å². The van der Waals surface area contributed by atoms with Crippen LogP contribution in [0.2, 0.25) is 0 Å². The van der Waals surface area contributed by atoms with Gasteiger partial charge in [0.1, 0.15) is 5.78 Å². The second-order valence-corrected chi connectivity index (χ2v) is 3.02. The molecule has 0 bridgehead atoms. The molecule has 80 valence electrons. The van der Waals surface area contributed by atoms with Crippen molar-refractivity contribution >= 4 is 5.78 Å². The van der Waals surface area contributed by atoms with Gasteiger partial charge in [0, 0.05) is 0 Å². The van der Waals surface area contributed by atoms with Gasteiger partial charge in [-0.25, -0.2) is 0 Å². The molecule has 1 aromatic rings. The summed E-state index contributed by atoms with van der Waals surface area (Å²) >= 11 is 0. The van der Waals surface area contributed by atoms with Crippen molar-refractivity contribution in [2.75, 3.05) is 0 Å². The van der Waals surface area contributed by atoms with E-state index in [1.807, 2.05) is 44.2 Å². The molecule has 1 rings (SSSR count). The van der Waals surface area contributed by atoms with Crippen LogP contribution in [0, 0.1) is 18.3 Å². The minimum atomic E-state index is -0.276. The van der Waals surface area contributed by atoms with Crippen molar-refractivity contribution in [3.8, 4) is 12.3 Å². The van der Waals surface area contributed by atoms with E-state index >= 15 is 0 Å². The Morgan fingerprint density at radius 2 is 1.87 bits per heavy atom. The second kappa shape index (κ2) is 7.82. The molecule has 0 spiro atoms. The summed E-state index contributed by atoms with van der Waals surface area (Å²) in [5, 5.41) is 0. The van der Waals surface area contributed by atoms with Gasteiger partial charge in [-0.1, -0.05) is 50.1 Å². The van der Waals surface area contributed by atoms with Crippen LogP contribution < -0.4 is 0 Å². The number of rotatable bonds is 3. The van der Waals surface area contributed by atoms with Crippen LogP contribution in [0.15, 0.2) is 30.3 Å². The predicted octanol–water partition coefficient (Wildman–Crippen LogP) is 3.09. The number of hydrogen-bond donors (Lipinski definition) is 0. The normalized spacial score (nSPS) is 10.5. The Hall–Kier alpha value is -1.55. The molecule has 0 radical (unpaired) electrons. The zero-order valence-electron chi connectivity index (χ0n) is 9.66. The molecule has 0 N–H and O–H groups in total. The van der Waals surface area contributed by atoms with Gasteiger partial charge in [0.2, 0.25) is 0 Å². The Morgan fingerprint density at radius 3 is 2.27 bits per heavy atom. The minimum absolute atomic E-state index is 0.0614. The average Bonchev–Trinajstić information content (AvgIpc) is 2.29. The van der Waals surface area contributed by atoms with Crippen molar-refractivity contribution in [3.05, 3.63) is 35.9 Å². The lowest BCUT2D eigenvalue weighted by Crippen LogP contribution is -2.11. The van der Waals surface area contributed by atoms with Crippen molar-refractivity contribution in [1.29, 1.82) is 0 Å². The predicted molar refractivity (Wildman–Crippen MR) is 64.5 cm³/mol. The van der Waals surface area contributed by atoms with E-state index in [0.29, 0.717) is 6.42 Å². The molecular weight excluding hydrogens is 184 g/mol. The van der Waals surface area contributed by atoms with E-state index in [1.54, 1.807) is 0 Å². The SMILES string of the molecule is C#CC(Cc1ccccc1)C(C)=O.CC. The fraction of sp³-hybridized carbons (Fsp3) is 0.357. The van der Waals surface area contributed by atoms with E-state index < -0.39 is 0 Å². The number of ketones is 1. The van der Waals surface area contributed by atoms with Crippen LogP contribution in [0.4, 0.5) is 0 Å². The molecule has 0 aliphatic heterocycles. The Bertz CT molecular complexity index is 319. The molecule has 1 nitrogen and oxygen atoms in total. The number of benzene rings is 1. The van der Waals surface area contributed by atoms with Crippen LogP contribution in [-0.4, -0.2) is 5.78 Å². The molecule has 0 saturated carbocycles. The molecule has 0 saturated heterocycles. The highest BCUT2D eigenvalue weighted by molar-refractivity contribution is 5.81. The van der Waals surface area contributed by atoms with Gasteiger partial charge >= 0.3 is 0 Å². The quantitative estimate of drug-likeness (QED) is 0.688. The third kappa shape index (κ3) is 5.02. The molecule has 1 atom stereocenters. The lowest BCUT2D eigenvalue weighted by molar-refractivity contribution is -0.119. The van der Waals surface area contributed by atoms with Crippen LogP contribution in [0.5, 0.6) is 0 Å². The molecule has 0 aliphatic rings. The molecule has 0 aliphatic carbocycles. The standard InChI is InChI=1S/C12H12O.C2H6/c1-3-12(10(2)13)9-11-7-5-4-6-8-11;1-2/h1,4-8,12H,9H2,2H3;1-2H3. The molecule has 0 aromatic heterocycles. The molecule has 0 heterocycles. The summed E-state index contributed by atoms with van der Waals surface area (Å²) in [5.74, 6) is 2.29. The second-order valence-electron chi connectivity index (χ2n) is 3.02. The number of terminal acetylenes is 1. The number of Topliss-reactive ketones (excluding diaryl/α,β-unsaturated/α-hetero) is 1. The van der Waals surface area contributed by atoms with Crippen molar-refractivity contribution < 1.29 is 4.79 Å². The van der Waals surface area contributed by atoms with Crippen LogP contribution in [0.25, 0.3) is 0 Å². The summed E-state index contributed by atoms with van der Waals surface area (Å²) in [6.45, 7) is 5.54. The Morgan fingerprint density at radius 1 is 1.33 bits per heavy atom. The van der Waals surface area contributed by atoms with Crippen molar-refractivity contribution in [2.24, 2.45) is 5.92 Å².